The molecule has 2 heterocycles. The molecule has 0 aliphatic carbocycles. The first-order valence-corrected chi connectivity index (χ1v) is 7.56. The molecule has 2 atom stereocenters. The van der Waals surface area contributed by atoms with Crippen molar-refractivity contribution >= 4 is 28.4 Å². The van der Waals surface area contributed by atoms with E-state index in [1.165, 1.54) is 0 Å². The number of nitrogens with zero attached hydrogens (tertiary/aromatic N) is 1. The number of aryl methyl sites for hydroxylation is 1. The molecule has 1 saturated heterocycles. The Balaban J connectivity index is 1.94. The predicted molar refractivity (Wildman–Crippen MR) is 84.2 cm³/mol. The number of hydrogen-bond donors (Lipinski definition) is 2. The smallest absolute Gasteiger partial charge is 0.252 e. The second-order valence-electron chi connectivity index (χ2n) is 5.48. The molecule has 0 bridgehead atoms. The highest BCUT2D eigenvalue weighted by atomic mass is 35.5. The van der Waals surface area contributed by atoms with Crippen molar-refractivity contribution in [3.8, 4) is 0 Å². The second kappa shape index (κ2) is 6.20. The molecule has 2 aromatic rings. The lowest BCUT2D eigenvalue weighted by molar-refractivity contribution is -0.0260. The van der Waals surface area contributed by atoms with E-state index >= 15 is 0 Å². The first kappa shape index (κ1) is 15.2. The SMILES string of the molecule is Cc1cc(C(=O)N[C@@H]2CCOC[C@H]2O)c2cc(Cl)ccc2n1. The van der Waals surface area contributed by atoms with Gasteiger partial charge in [-0.2, -0.15) is 0 Å². The van der Waals surface area contributed by atoms with Gasteiger partial charge in [-0.25, -0.2) is 0 Å². The average Bonchev–Trinajstić information content (AvgIpc) is 2.49. The number of rotatable bonds is 2. The van der Waals surface area contributed by atoms with E-state index in [1.807, 2.05) is 6.92 Å². The van der Waals surface area contributed by atoms with Gasteiger partial charge in [-0.1, -0.05) is 11.6 Å². The van der Waals surface area contributed by atoms with Crippen molar-refractivity contribution < 1.29 is 14.6 Å². The van der Waals surface area contributed by atoms with Gasteiger partial charge in [-0.15, -0.1) is 0 Å². The fraction of sp³-hybridized carbons (Fsp3) is 0.375. The summed E-state index contributed by atoms with van der Waals surface area (Å²) in [5, 5.41) is 14.0. The third kappa shape index (κ3) is 3.06. The van der Waals surface area contributed by atoms with Crippen molar-refractivity contribution in [2.75, 3.05) is 13.2 Å². The molecule has 5 nitrogen and oxygen atoms in total. The Bertz CT molecular complexity index is 720. The van der Waals surface area contributed by atoms with Gasteiger partial charge in [-0.05, 0) is 37.6 Å². The highest BCUT2D eigenvalue weighted by molar-refractivity contribution is 6.31. The number of hydrogen-bond acceptors (Lipinski definition) is 4. The van der Waals surface area contributed by atoms with Gasteiger partial charge in [0.05, 0.1) is 29.8 Å². The zero-order valence-corrected chi connectivity index (χ0v) is 12.9. The lowest BCUT2D eigenvalue weighted by Crippen LogP contribution is -2.48. The summed E-state index contributed by atoms with van der Waals surface area (Å²) in [4.78, 5) is 17.0. The molecule has 1 aliphatic rings. The Morgan fingerprint density at radius 1 is 1.45 bits per heavy atom. The van der Waals surface area contributed by atoms with Crippen LogP contribution in [0.2, 0.25) is 5.02 Å². The summed E-state index contributed by atoms with van der Waals surface area (Å²) in [6.07, 6.45) is -0.0918. The number of aliphatic hydroxyl groups is 1. The van der Waals surface area contributed by atoms with Crippen LogP contribution in [0.4, 0.5) is 0 Å². The van der Waals surface area contributed by atoms with E-state index in [1.54, 1.807) is 24.3 Å². The Morgan fingerprint density at radius 2 is 2.27 bits per heavy atom. The summed E-state index contributed by atoms with van der Waals surface area (Å²) in [6.45, 7) is 2.62. The lowest BCUT2D eigenvalue weighted by atomic mass is 10.0. The molecule has 0 unspecified atom stereocenters. The molecule has 116 valence electrons. The lowest BCUT2D eigenvalue weighted by Gasteiger charge is -2.28. The molecule has 0 radical (unpaired) electrons. The Morgan fingerprint density at radius 3 is 3.05 bits per heavy atom. The van der Waals surface area contributed by atoms with Crippen LogP contribution in [0.15, 0.2) is 24.3 Å². The maximum absolute atomic E-state index is 12.6. The van der Waals surface area contributed by atoms with E-state index in [0.717, 1.165) is 11.2 Å². The van der Waals surface area contributed by atoms with Crippen molar-refractivity contribution in [1.29, 1.82) is 0 Å². The van der Waals surface area contributed by atoms with Crippen molar-refractivity contribution in [2.45, 2.75) is 25.5 Å². The van der Waals surface area contributed by atoms with E-state index in [9.17, 15) is 9.90 Å². The normalized spacial score (nSPS) is 21.8. The van der Waals surface area contributed by atoms with Crippen LogP contribution in [0.5, 0.6) is 0 Å². The van der Waals surface area contributed by atoms with Crippen molar-refractivity contribution in [3.63, 3.8) is 0 Å². The molecule has 2 N–H and O–H groups in total. The van der Waals surface area contributed by atoms with E-state index in [4.69, 9.17) is 16.3 Å². The van der Waals surface area contributed by atoms with Crippen LogP contribution in [0.3, 0.4) is 0 Å². The van der Waals surface area contributed by atoms with Gasteiger partial charge in [0.15, 0.2) is 0 Å². The van der Waals surface area contributed by atoms with E-state index < -0.39 is 6.10 Å². The van der Waals surface area contributed by atoms with Crippen LogP contribution in [0, 0.1) is 6.92 Å². The first-order chi connectivity index (χ1) is 10.5. The monoisotopic (exact) mass is 320 g/mol. The maximum atomic E-state index is 12.6. The number of ether oxygens (including phenoxy) is 1. The van der Waals surface area contributed by atoms with Gasteiger partial charge in [0, 0.05) is 22.7 Å². The number of aromatic nitrogens is 1. The zero-order valence-electron chi connectivity index (χ0n) is 12.2. The van der Waals surface area contributed by atoms with Gasteiger partial charge < -0.3 is 15.2 Å². The fourth-order valence-corrected chi connectivity index (χ4v) is 2.83. The summed E-state index contributed by atoms with van der Waals surface area (Å²) in [5.41, 5.74) is 2.00. The number of pyridine rings is 1. The molecule has 1 fully saturated rings. The summed E-state index contributed by atoms with van der Waals surface area (Å²) >= 11 is 6.03. The summed E-state index contributed by atoms with van der Waals surface area (Å²) < 4.78 is 5.18. The van der Waals surface area contributed by atoms with Crippen LogP contribution in [-0.4, -0.2) is 41.4 Å². The third-order valence-corrected chi connectivity index (χ3v) is 4.02. The van der Waals surface area contributed by atoms with Crippen LogP contribution in [-0.2, 0) is 4.74 Å². The molecule has 22 heavy (non-hydrogen) atoms. The minimum absolute atomic E-state index is 0.233. The van der Waals surface area contributed by atoms with Crippen LogP contribution >= 0.6 is 11.6 Å². The molecule has 0 saturated carbocycles. The highest BCUT2D eigenvalue weighted by Crippen LogP contribution is 2.23. The molecule has 1 aromatic heterocycles. The van der Waals surface area contributed by atoms with Crippen molar-refractivity contribution in [1.82, 2.24) is 10.3 Å². The maximum Gasteiger partial charge on any atom is 0.252 e. The third-order valence-electron chi connectivity index (χ3n) is 3.79. The van der Waals surface area contributed by atoms with Crippen molar-refractivity contribution in [2.24, 2.45) is 0 Å². The molecule has 1 aromatic carbocycles. The first-order valence-electron chi connectivity index (χ1n) is 7.18. The quantitative estimate of drug-likeness (QED) is 0.888. The predicted octanol–water partition coefficient (Wildman–Crippen LogP) is 2.08. The molecule has 1 aliphatic heterocycles. The highest BCUT2D eigenvalue weighted by Gasteiger charge is 2.26. The van der Waals surface area contributed by atoms with Crippen LogP contribution in [0.1, 0.15) is 22.5 Å². The largest absolute Gasteiger partial charge is 0.389 e. The molecule has 0 spiro atoms. The molecule has 6 heteroatoms. The minimum Gasteiger partial charge on any atom is -0.389 e. The molecule has 3 rings (SSSR count). The Hall–Kier alpha value is -1.69. The zero-order chi connectivity index (χ0) is 15.7. The Kier molecular flexibility index (Phi) is 4.29. The van der Waals surface area contributed by atoms with Gasteiger partial charge in [0.1, 0.15) is 0 Å². The number of carbonyl (C=O) groups is 1. The van der Waals surface area contributed by atoms with E-state index in [-0.39, 0.29) is 18.6 Å². The van der Waals surface area contributed by atoms with E-state index in [2.05, 4.69) is 10.3 Å². The average molecular weight is 321 g/mol. The van der Waals surface area contributed by atoms with Crippen LogP contribution in [0.25, 0.3) is 10.9 Å². The Labute approximate surface area is 133 Å². The summed E-state index contributed by atoms with van der Waals surface area (Å²) in [7, 11) is 0. The van der Waals surface area contributed by atoms with Gasteiger partial charge in [0.25, 0.3) is 5.91 Å². The number of amides is 1. The van der Waals surface area contributed by atoms with E-state index in [0.29, 0.717) is 29.0 Å². The fourth-order valence-electron chi connectivity index (χ4n) is 2.66. The standard InChI is InChI=1S/C16H17ClN2O3/c1-9-6-12(11-7-10(17)2-3-13(11)18-9)16(21)19-14-4-5-22-8-15(14)20/h2-3,6-7,14-15,20H,4-5,8H2,1H3,(H,19,21)/t14-,15-/m1/s1. The number of nitrogens with one attached hydrogen (secondary N) is 1. The topological polar surface area (TPSA) is 71.5 Å². The number of fused-ring (bicyclic) bond motifs is 1. The van der Waals surface area contributed by atoms with Gasteiger partial charge in [0.2, 0.25) is 0 Å². The number of benzene rings is 1. The van der Waals surface area contributed by atoms with Crippen LogP contribution < -0.4 is 5.32 Å². The summed E-state index contributed by atoms with van der Waals surface area (Å²) in [5.74, 6) is -0.233. The molecule has 1 amide bonds. The number of carbonyl (C=O) groups excluding carboxylic acids is 1. The van der Waals surface area contributed by atoms with Gasteiger partial charge >= 0.3 is 0 Å². The minimum atomic E-state index is -0.685. The second-order valence-corrected chi connectivity index (χ2v) is 5.92. The number of halogens is 1. The number of aliphatic hydroxyl groups excluding tert-OH is 1. The summed E-state index contributed by atoms with van der Waals surface area (Å²) in [6, 6.07) is 6.72. The van der Waals surface area contributed by atoms with Gasteiger partial charge in [-0.3, -0.25) is 9.78 Å². The van der Waals surface area contributed by atoms with Crippen molar-refractivity contribution in [3.05, 3.63) is 40.5 Å². The molecular formula is C16H17ClN2O3. The molecular weight excluding hydrogens is 304 g/mol.